The molecular weight excluding hydrogens is 589 g/mol. The van der Waals surface area contributed by atoms with E-state index in [1.807, 2.05) is 25.7 Å². The number of nitrogens with zero attached hydrogens (tertiary/aromatic N) is 2. The van der Waals surface area contributed by atoms with E-state index in [1.165, 1.54) is 19.1 Å². The molecule has 0 saturated carbocycles. The number of halogens is 2. The third-order valence-corrected chi connectivity index (χ3v) is 6.99. The first-order valence-electron chi connectivity index (χ1n) is 12.6. The smallest absolute Gasteiger partial charge is 0.341 e. The number of amidine groups is 1. The lowest BCUT2D eigenvalue weighted by Gasteiger charge is -2.29. The molecule has 2 aromatic rings. The highest BCUT2D eigenvalue weighted by Gasteiger charge is 2.34. The van der Waals surface area contributed by atoms with Crippen molar-refractivity contribution in [1.82, 2.24) is 4.90 Å². The standard InChI is InChI=1S/C28H34FN3O7.BrH/c1-28(2,3)18-8-15(9-19(25(18)39-14-22(35)36)31-7-6-17(33)12-31)20(34)13-32-11-16-10-21(37-4)26(38-5)24(29)23(16)27(32)30;/h8-10,17,30,33H,6-7,11-14H2,1-5H3,(H,35,36);1H. The number of nitrogens with one attached hydrogen (secondary N) is 1. The van der Waals surface area contributed by atoms with Gasteiger partial charge in [-0.05, 0) is 35.6 Å². The number of carboxylic acids is 1. The number of hydrogen-bond donors (Lipinski definition) is 3. The monoisotopic (exact) mass is 623 g/mol. The van der Waals surface area contributed by atoms with Gasteiger partial charge in [0.15, 0.2) is 29.7 Å². The van der Waals surface area contributed by atoms with Crippen molar-refractivity contribution in [2.75, 3.05) is 45.4 Å². The molecule has 1 unspecified atom stereocenters. The predicted molar refractivity (Wildman–Crippen MR) is 153 cm³/mol. The van der Waals surface area contributed by atoms with Gasteiger partial charge in [0.1, 0.15) is 11.6 Å². The van der Waals surface area contributed by atoms with Gasteiger partial charge < -0.3 is 34.2 Å². The van der Waals surface area contributed by atoms with Crippen LogP contribution in [0.3, 0.4) is 0 Å². The van der Waals surface area contributed by atoms with E-state index in [9.17, 15) is 19.8 Å². The number of aliphatic hydroxyl groups is 1. The Hall–Kier alpha value is -3.38. The second-order valence-corrected chi connectivity index (χ2v) is 10.8. The fourth-order valence-corrected chi connectivity index (χ4v) is 5.04. The molecule has 0 aromatic heterocycles. The molecule has 0 spiro atoms. The zero-order valence-electron chi connectivity index (χ0n) is 23.2. The zero-order valence-corrected chi connectivity index (χ0v) is 24.9. The molecule has 218 valence electrons. The number of methoxy groups -OCH3 is 2. The van der Waals surface area contributed by atoms with Gasteiger partial charge in [-0.25, -0.2) is 9.18 Å². The lowest BCUT2D eigenvalue weighted by molar-refractivity contribution is -0.139. The highest BCUT2D eigenvalue weighted by molar-refractivity contribution is 8.93. The molecule has 10 nitrogen and oxygen atoms in total. The van der Waals surface area contributed by atoms with Crippen molar-refractivity contribution in [3.8, 4) is 17.2 Å². The molecule has 3 N–H and O–H groups in total. The summed E-state index contributed by atoms with van der Waals surface area (Å²) in [7, 11) is 2.72. The Morgan fingerprint density at radius 2 is 1.85 bits per heavy atom. The Bertz CT molecular complexity index is 1330. The highest BCUT2D eigenvalue weighted by atomic mass is 79.9. The van der Waals surface area contributed by atoms with Crippen LogP contribution in [0.25, 0.3) is 0 Å². The van der Waals surface area contributed by atoms with Crippen LogP contribution in [0.2, 0.25) is 0 Å². The van der Waals surface area contributed by atoms with Gasteiger partial charge in [-0.15, -0.1) is 17.0 Å². The van der Waals surface area contributed by atoms with Crippen LogP contribution in [0.1, 0.15) is 54.2 Å². The summed E-state index contributed by atoms with van der Waals surface area (Å²) >= 11 is 0. The molecule has 0 radical (unpaired) electrons. The van der Waals surface area contributed by atoms with Gasteiger partial charge in [0, 0.05) is 30.8 Å². The lowest BCUT2D eigenvalue weighted by atomic mass is 9.84. The summed E-state index contributed by atoms with van der Waals surface area (Å²) in [6.07, 6.45) is -0.0227. The van der Waals surface area contributed by atoms with Gasteiger partial charge in [-0.2, -0.15) is 0 Å². The van der Waals surface area contributed by atoms with Crippen molar-refractivity contribution in [3.05, 3.63) is 46.3 Å². The molecule has 0 aliphatic carbocycles. The second kappa shape index (κ2) is 12.0. The van der Waals surface area contributed by atoms with E-state index in [4.69, 9.17) is 19.6 Å². The van der Waals surface area contributed by atoms with E-state index in [2.05, 4.69) is 0 Å². The maximum absolute atomic E-state index is 15.2. The molecular formula is C28H35BrFN3O7. The number of carboxylic acid groups (broad SMARTS) is 1. The summed E-state index contributed by atoms with van der Waals surface area (Å²) in [5.41, 5.74) is 1.60. The Morgan fingerprint density at radius 3 is 2.40 bits per heavy atom. The Labute approximate surface area is 242 Å². The minimum Gasteiger partial charge on any atom is -0.493 e. The molecule has 1 fully saturated rings. The van der Waals surface area contributed by atoms with Crippen molar-refractivity contribution in [3.63, 3.8) is 0 Å². The molecule has 0 amide bonds. The van der Waals surface area contributed by atoms with Crippen LogP contribution < -0.4 is 19.1 Å². The molecule has 12 heteroatoms. The normalized spacial score (nSPS) is 16.5. The number of β-amino-alcohol motifs (C(OH)–C–C–N with tert-alkyl or cyclic N) is 1. The fraction of sp³-hybridized carbons (Fsp3) is 0.464. The first-order valence-corrected chi connectivity index (χ1v) is 12.6. The van der Waals surface area contributed by atoms with Crippen molar-refractivity contribution >= 4 is 40.3 Å². The summed E-state index contributed by atoms with van der Waals surface area (Å²) in [6.45, 7) is 6.05. The van der Waals surface area contributed by atoms with Crippen LogP contribution in [-0.4, -0.2) is 79.3 Å². The van der Waals surface area contributed by atoms with Crippen molar-refractivity contribution in [1.29, 1.82) is 5.41 Å². The molecule has 2 aromatic carbocycles. The average Bonchev–Trinajstić information content (AvgIpc) is 3.44. The van der Waals surface area contributed by atoms with Crippen molar-refractivity contribution < 1.29 is 38.4 Å². The van der Waals surface area contributed by atoms with Gasteiger partial charge in [-0.1, -0.05) is 20.8 Å². The molecule has 2 aliphatic heterocycles. The van der Waals surface area contributed by atoms with E-state index in [0.717, 1.165) is 0 Å². The summed E-state index contributed by atoms with van der Waals surface area (Å²) < 4.78 is 31.3. The number of Topliss-reactive ketones (excluding diaryl/α,β-unsaturated/α-hetero) is 1. The molecule has 1 atom stereocenters. The Morgan fingerprint density at radius 1 is 1.15 bits per heavy atom. The average molecular weight is 625 g/mol. The summed E-state index contributed by atoms with van der Waals surface area (Å²) in [5, 5.41) is 28.0. The van der Waals surface area contributed by atoms with E-state index in [0.29, 0.717) is 47.6 Å². The van der Waals surface area contributed by atoms with Crippen LogP contribution in [0.15, 0.2) is 18.2 Å². The van der Waals surface area contributed by atoms with Crippen LogP contribution in [0, 0.1) is 11.2 Å². The van der Waals surface area contributed by atoms with Gasteiger partial charge in [0.25, 0.3) is 0 Å². The molecule has 2 heterocycles. The van der Waals surface area contributed by atoms with E-state index in [1.54, 1.807) is 18.2 Å². The van der Waals surface area contributed by atoms with Gasteiger partial charge >= 0.3 is 5.97 Å². The Kier molecular flexibility index (Phi) is 9.35. The maximum Gasteiger partial charge on any atom is 0.341 e. The number of rotatable bonds is 9. The summed E-state index contributed by atoms with van der Waals surface area (Å²) in [4.78, 5) is 28.3. The fourth-order valence-electron chi connectivity index (χ4n) is 5.04. The van der Waals surface area contributed by atoms with Gasteiger partial charge in [0.05, 0.1) is 38.1 Å². The summed E-state index contributed by atoms with van der Waals surface area (Å²) in [5.74, 6) is -1.80. The third-order valence-electron chi connectivity index (χ3n) is 6.99. The van der Waals surface area contributed by atoms with E-state index in [-0.39, 0.29) is 58.8 Å². The number of carbonyl (C=O) groups excluding carboxylic acids is 1. The minimum absolute atomic E-state index is 0. The van der Waals surface area contributed by atoms with E-state index < -0.39 is 29.9 Å². The van der Waals surface area contributed by atoms with Crippen LogP contribution in [-0.2, 0) is 16.8 Å². The molecule has 40 heavy (non-hydrogen) atoms. The number of anilines is 1. The van der Waals surface area contributed by atoms with Gasteiger partial charge in [0.2, 0.25) is 0 Å². The Balaban J connectivity index is 0.00000441. The van der Waals surface area contributed by atoms with E-state index >= 15 is 4.39 Å². The maximum atomic E-state index is 15.2. The number of fused-ring (bicyclic) bond motifs is 1. The number of aliphatic hydroxyl groups excluding tert-OH is 1. The second-order valence-electron chi connectivity index (χ2n) is 10.8. The van der Waals surface area contributed by atoms with Crippen molar-refractivity contribution in [2.45, 2.75) is 45.3 Å². The number of carbonyl (C=O) groups is 2. The first kappa shape index (κ1) is 31.2. The molecule has 2 aliphatic rings. The quantitative estimate of drug-likeness (QED) is 0.357. The van der Waals surface area contributed by atoms with Crippen LogP contribution >= 0.6 is 17.0 Å². The van der Waals surface area contributed by atoms with Crippen LogP contribution in [0.5, 0.6) is 17.2 Å². The third kappa shape index (κ3) is 6.02. The van der Waals surface area contributed by atoms with Crippen molar-refractivity contribution in [2.24, 2.45) is 0 Å². The number of benzene rings is 2. The largest absolute Gasteiger partial charge is 0.493 e. The SMILES string of the molecule is Br.COc1cc2c(c(F)c1OC)C(=N)N(CC(=O)c1cc(N3CCC(O)C3)c(OCC(=O)O)c(C(C)(C)C)c1)C2. The number of hydrogen-bond acceptors (Lipinski definition) is 8. The predicted octanol–water partition coefficient (Wildman–Crippen LogP) is 3.78. The summed E-state index contributed by atoms with van der Waals surface area (Å²) in [6, 6.07) is 4.95. The number of ketones is 1. The highest BCUT2D eigenvalue weighted by Crippen LogP contribution is 2.42. The molecule has 1 saturated heterocycles. The number of aliphatic carboxylic acids is 1. The lowest BCUT2D eigenvalue weighted by Crippen LogP contribution is -2.31. The zero-order chi connectivity index (χ0) is 28.6. The first-order chi connectivity index (χ1) is 18.3. The number of ether oxygens (including phenoxy) is 3. The molecule has 0 bridgehead atoms. The molecule has 4 rings (SSSR count). The minimum atomic E-state index is -1.13. The van der Waals surface area contributed by atoms with Crippen LogP contribution in [0.4, 0.5) is 10.1 Å². The van der Waals surface area contributed by atoms with Gasteiger partial charge in [-0.3, -0.25) is 10.2 Å². The topological polar surface area (TPSA) is 133 Å².